The lowest BCUT2D eigenvalue weighted by Gasteiger charge is -2.22. The lowest BCUT2D eigenvalue weighted by Crippen LogP contribution is -2.31. The van der Waals surface area contributed by atoms with Gasteiger partial charge in [-0.3, -0.25) is 9.59 Å². The van der Waals surface area contributed by atoms with Gasteiger partial charge in [-0.25, -0.2) is 4.98 Å². The van der Waals surface area contributed by atoms with E-state index in [2.05, 4.69) is 15.1 Å². The van der Waals surface area contributed by atoms with Crippen molar-refractivity contribution in [1.82, 2.24) is 24.6 Å². The van der Waals surface area contributed by atoms with Crippen molar-refractivity contribution in [1.29, 1.82) is 0 Å². The number of aryl methyl sites for hydroxylation is 1. The molecular weight excluding hydrogens is 346 g/mol. The monoisotopic (exact) mass is 367 g/mol. The van der Waals surface area contributed by atoms with Crippen LogP contribution in [0.2, 0.25) is 0 Å². The van der Waals surface area contributed by atoms with Gasteiger partial charge in [0.1, 0.15) is 6.04 Å². The number of likely N-dealkylation sites (tertiary alicyclic amines) is 1. The Morgan fingerprint density at radius 2 is 2.15 bits per heavy atom. The fraction of sp³-hybridized carbons (Fsp3) is 0.421. The van der Waals surface area contributed by atoms with Crippen molar-refractivity contribution in [3.05, 3.63) is 52.2 Å². The van der Waals surface area contributed by atoms with Crippen LogP contribution in [0, 0.1) is 0 Å². The normalized spacial score (nSPS) is 17.2. The second kappa shape index (κ2) is 6.61. The zero-order valence-electron chi connectivity index (χ0n) is 15.5. The molecule has 0 radical (unpaired) electrons. The van der Waals surface area contributed by atoms with Gasteiger partial charge < -0.3 is 14.0 Å². The largest absolute Gasteiger partial charge is 0.337 e. The number of aromatic nitrogens is 4. The zero-order valence-corrected chi connectivity index (χ0v) is 15.5. The predicted molar refractivity (Wildman–Crippen MR) is 98.4 cm³/mol. The summed E-state index contributed by atoms with van der Waals surface area (Å²) < 4.78 is 6.83. The van der Waals surface area contributed by atoms with Gasteiger partial charge in [-0.2, -0.15) is 4.98 Å². The summed E-state index contributed by atoms with van der Waals surface area (Å²) in [5, 5.41) is 4.51. The van der Waals surface area contributed by atoms with Crippen LogP contribution < -0.4 is 5.56 Å². The smallest absolute Gasteiger partial charge is 0.260 e. The third-order valence-corrected chi connectivity index (χ3v) is 4.94. The molecule has 0 spiro atoms. The summed E-state index contributed by atoms with van der Waals surface area (Å²) >= 11 is 0. The molecule has 3 aromatic rings. The number of carbonyl (C=O) groups excluding carboxylic acids is 1. The van der Waals surface area contributed by atoms with Crippen molar-refractivity contribution >= 4 is 16.8 Å². The molecule has 0 aliphatic carbocycles. The van der Waals surface area contributed by atoms with Crippen LogP contribution in [0.3, 0.4) is 0 Å². The molecule has 1 saturated heterocycles. The van der Waals surface area contributed by atoms with Crippen LogP contribution in [-0.2, 0) is 7.05 Å². The van der Waals surface area contributed by atoms with Gasteiger partial charge in [-0.1, -0.05) is 19.0 Å². The van der Waals surface area contributed by atoms with E-state index in [0.29, 0.717) is 34.7 Å². The van der Waals surface area contributed by atoms with Gasteiger partial charge in [-0.05, 0) is 31.0 Å². The van der Waals surface area contributed by atoms with Crippen molar-refractivity contribution in [3.8, 4) is 0 Å². The van der Waals surface area contributed by atoms with Crippen LogP contribution in [0.1, 0.15) is 60.7 Å². The minimum Gasteiger partial charge on any atom is -0.337 e. The van der Waals surface area contributed by atoms with Crippen LogP contribution in [-0.4, -0.2) is 37.0 Å². The first-order valence-electron chi connectivity index (χ1n) is 9.05. The molecule has 0 N–H and O–H groups in total. The number of amides is 1. The molecule has 1 fully saturated rings. The van der Waals surface area contributed by atoms with E-state index in [1.54, 1.807) is 30.1 Å². The minimum atomic E-state index is -0.218. The van der Waals surface area contributed by atoms with Gasteiger partial charge in [-0.15, -0.1) is 0 Å². The molecule has 0 unspecified atom stereocenters. The SMILES string of the molecule is CC(C)c1noc([C@@H]2CCCN2C(=O)c2ccc3c(=O)n(C)cnc3c2)n1. The van der Waals surface area contributed by atoms with E-state index in [1.165, 1.54) is 10.9 Å². The highest BCUT2D eigenvalue weighted by atomic mass is 16.5. The summed E-state index contributed by atoms with van der Waals surface area (Å²) in [5.41, 5.74) is 0.878. The predicted octanol–water partition coefficient (Wildman–Crippen LogP) is 2.42. The van der Waals surface area contributed by atoms with E-state index >= 15 is 0 Å². The maximum absolute atomic E-state index is 13.1. The Balaban J connectivity index is 1.65. The van der Waals surface area contributed by atoms with Crippen molar-refractivity contribution in [2.75, 3.05) is 6.54 Å². The Morgan fingerprint density at radius 1 is 1.33 bits per heavy atom. The van der Waals surface area contributed by atoms with Gasteiger partial charge in [0.25, 0.3) is 11.5 Å². The van der Waals surface area contributed by atoms with Crippen molar-refractivity contribution < 1.29 is 9.32 Å². The van der Waals surface area contributed by atoms with Gasteiger partial charge in [0.2, 0.25) is 5.89 Å². The highest BCUT2D eigenvalue weighted by molar-refractivity contribution is 5.98. The highest BCUT2D eigenvalue weighted by Crippen LogP contribution is 2.33. The lowest BCUT2D eigenvalue weighted by molar-refractivity contribution is 0.0710. The third-order valence-electron chi connectivity index (χ3n) is 4.94. The fourth-order valence-electron chi connectivity index (χ4n) is 3.39. The van der Waals surface area contributed by atoms with Crippen LogP contribution in [0.25, 0.3) is 10.9 Å². The molecule has 1 aliphatic heterocycles. The van der Waals surface area contributed by atoms with E-state index in [4.69, 9.17) is 4.52 Å². The van der Waals surface area contributed by atoms with Gasteiger partial charge in [0.15, 0.2) is 5.82 Å². The topological polar surface area (TPSA) is 94.1 Å². The molecule has 140 valence electrons. The molecule has 0 bridgehead atoms. The first-order valence-corrected chi connectivity index (χ1v) is 9.05. The second-order valence-electron chi connectivity index (χ2n) is 7.19. The molecule has 3 heterocycles. The quantitative estimate of drug-likeness (QED) is 0.706. The Labute approximate surface area is 155 Å². The number of hydrogen-bond acceptors (Lipinski definition) is 6. The maximum atomic E-state index is 13.1. The van der Waals surface area contributed by atoms with Crippen LogP contribution in [0.4, 0.5) is 0 Å². The Kier molecular flexibility index (Phi) is 4.25. The first kappa shape index (κ1) is 17.4. The second-order valence-corrected chi connectivity index (χ2v) is 7.19. The Hall–Kier alpha value is -3.03. The van der Waals surface area contributed by atoms with Crippen LogP contribution in [0.15, 0.2) is 33.8 Å². The van der Waals surface area contributed by atoms with E-state index in [9.17, 15) is 9.59 Å². The average molecular weight is 367 g/mol. The third kappa shape index (κ3) is 3.01. The lowest BCUT2D eigenvalue weighted by atomic mass is 10.1. The molecule has 1 atom stereocenters. The van der Waals surface area contributed by atoms with Crippen molar-refractivity contribution in [2.24, 2.45) is 7.05 Å². The van der Waals surface area contributed by atoms with Crippen molar-refractivity contribution in [2.45, 2.75) is 38.6 Å². The molecule has 4 rings (SSSR count). The zero-order chi connectivity index (χ0) is 19.1. The molecule has 1 aliphatic rings. The first-order chi connectivity index (χ1) is 13.0. The Bertz CT molecular complexity index is 1070. The maximum Gasteiger partial charge on any atom is 0.260 e. The number of carbonyl (C=O) groups is 1. The number of benzene rings is 1. The number of nitrogens with zero attached hydrogens (tertiary/aromatic N) is 5. The van der Waals surface area contributed by atoms with E-state index in [1.807, 2.05) is 13.8 Å². The number of rotatable bonds is 3. The number of fused-ring (bicyclic) bond motifs is 1. The molecule has 1 amide bonds. The van der Waals surface area contributed by atoms with Gasteiger partial charge in [0, 0.05) is 25.1 Å². The van der Waals surface area contributed by atoms with E-state index < -0.39 is 0 Å². The molecule has 8 heteroatoms. The van der Waals surface area contributed by atoms with E-state index in [0.717, 1.165) is 12.8 Å². The van der Waals surface area contributed by atoms with E-state index in [-0.39, 0.29) is 23.4 Å². The molecular formula is C19H21N5O3. The molecule has 1 aromatic carbocycles. The Morgan fingerprint density at radius 3 is 2.89 bits per heavy atom. The fourth-order valence-corrected chi connectivity index (χ4v) is 3.39. The standard InChI is InChI=1S/C19H21N5O3/c1-11(2)16-21-17(27-22-16)15-5-4-8-24(15)18(25)12-6-7-13-14(9-12)20-10-23(3)19(13)26/h6-7,9-11,15H,4-5,8H2,1-3H3/t15-/m0/s1. The average Bonchev–Trinajstić information content (AvgIpc) is 3.32. The summed E-state index contributed by atoms with van der Waals surface area (Å²) in [6.07, 6.45) is 3.13. The van der Waals surface area contributed by atoms with Crippen LogP contribution >= 0.6 is 0 Å². The summed E-state index contributed by atoms with van der Waals surface area (Å²) in [4.78, 5) is 35.7. The van der Waals surface area contributed by atoms with Gasteiger partial charge in [0.05, 0.1) is 17.2 Å². The summed E-state index contributed by atoms with van der Waals surface area (Å²) in [5.74, 6) is 1.18. The molecule has 0 saturated carbocycles. The summed E-state index contributed by atoms with van der Waals surface area (Å²) in [6, 6.07) is 4.79. The van der Waals surface area contributed by atoms with Crippen LogP contribution in [0.5, 0.6) is 0 Å². The van der Waals surface area contributed by atoms with Gasteiger partial charge >= 0.3 is 0 Å². The summed E-state index contributed by atoms with van der Waals surface area (Å²) in [6.45, 7) is 4.63. The molecule has 2 aromatic heterocycles. The summed E-state index contributed by atoms with van der Waals surface area (Å²) in [7, 11) is 1.65. The minimum absolute atomic E-state index is 0.119. The number of hydrogen-bond donors (Lipinski definition) is 0. The molecule has 8 nitrogen and oxygen atoms in total. The highest BCUT2D eigenvalue weighted by Gasteiger charge is 2.34. The molecule has 27 heavy (non-hydrogen) atoms. The van der Waals surface area contributed by atoms with Crippen molar-refractivity contribution in [3.63, 3.8) is 0 Å².